The molecule has 4 nitrogen and oxygen atoms in total. The molecule has 0 bridgehead atoms. The van der Waals surface area contributed by atoms with Gasteiger partial charge in [-0.1, -0.05) is 0 Å². The first-order valence-electron chi connectivity index (χ1n) is 10.6. The lowest BCUT2D eigenvalue weighted by atomic mass is 10.7. The molecule has 0 aliphatic heterocycles. The van der Waals surface area contributed by atoms with E-state index >= 15 is 0 Å². The maximum absolute atomic E-state index is 3.92. The maximum Gasteiger partial charge on any atom is 0.232 e. The van der Waals surface area contributed by atoms with Crippen molar-refractivity contribution in [3.8, 4) is 11.3 Å². The van der Waals surface area contributed by atoms with Crippen LogP contribution < -0.4 is 48.0 Å². The number of nitrogens with zero attached hydrogens (tertiary/aromatic N) is 4. The second-order valence-corrected chi connectivity index (χ2v) is 13.0. The molecule has 0 radical (unpaired) electrons. The molecule has 0 fully saturated rings. The lowest BCUT2D eigenvalue weighted by Crippen LogP contribution is -3.00. The molecule has 0 aliphatic rings. The van der Waals surface area contributed by atoms with Crippen molar-refractivity contribution in [2.24, 2.45) is 0 Å². The largest absolute Gasteiger partial charge is 1.00 e. The van der Waals surface area contributed by atoms with Gasteiger partial charge in [0.15, 0.2) is 11.3 Å². The van der Waals surface area contributed by atoms with E-state index in [1.165, 1.54) is 0 Å². The third-order valence-corrected chi connectivity index (χ3v) is 13.5. The minimum Gasteiger partial charge on any atom is -1.00 e. The van der Waals surface area contributed by atoms with Crippen LogP contribution in [0.3, 0.4) is 0 Å². The SMILES string of the molecule is CCN(CC)[P+](C)(C#C[P+](C)(N(CC)CC)N(CC)CC)N(CC)CC.[I-].[I-]. The standard InChI is InChI=1S/C20H46N4P2.2HI/c1-11-21(12-2)25(9,22(13-3)14-4)19-20-26(10,23(15-5)16-6)24(17-7)18-8;;/h11-18H2,1-10H3;2*1H/q+2;;/p-2. The van der Waals surface area contributed by atoms with E-state index in [0.717, 1.165) is 52.4 Å². The Hall–Kier alpha value is 1.72. The molecule has 0 rings (SSSR count). The molecule has 170 valence electrons. The van der Waals surface area contributed by atoms with Crippen molar-refractivity contribution in [1.29, 1.82) is 0 Å². The van der Waals surface area contributed by atoms with Crippen molar-refractivity contribution in [2.45, 2.75) is 55.4 Å². The number of hydrogen-bond acceptors (Lipinski definition) is 4. The summed E-state index contributed by atoms with van der Waals surface area (Å²) in [5, 5.41) is 0. The molecule has 8 heteroatoms. The zero-order chi connectivity index (χ0) is 20.4. The molecular formula is C20H46I2N4P2. The minimum atomic E-state index is -1.63. The highest BCUT2D eigenvalue weighted by Gasteiger charge is 2.48. The van der Waals surface area contributed by atoms with Gasteiger partial charge in [0.05, 0.1) is 13.3 Å². The van der Waals surface area contributed by atoms with Gasteiger partial charge < -0.3 is 48.0 Å². The van der Waals surface area contributed by atoms with Crippen LogP contribution in [0.15, 0.2) is 0 Å². The summed E-state index contributed by atoms with van der Waals surface area (Å²) in [6.07, 6.45) is 0. The molecule has 0 N–H and O–H groups in total. The molecule has 0 aromatic carbocycles. The summed E-state index contributed by atoms with van der Waals surface area (Å²) in [6.45, 7) is 31.6. The Morgan fingerprint density at radius 1 is 0.429 bits per heavy atom. The third-order valence-electron chi connectivity index (χ3n) is 5.60. The van der Waals surface area contributed by atoms with Crippen LogP contribution in [0, 0.1) is 11.3 Å². The summed E-state index contributed by atoms with van der Waals surface area (Å²) in [5.41, 5.74) is 7.84. The fraction of sp³-hybridized carbons (Fsp3) is 0.900. The number of halogens is 2. The van der Waals surface area contributed by atoms with E-state index in [-0.39, 0.29) is 48.0 Å². The highest BCUT2D eigenvalue weighted by molar-refractivity contribution is 7.79. The first-order chi connectivity index (χ1) is 12.3. The fourth-order valence-corrected chi connectivity index (χ4v) is 11.1. The van der Waals surface area contributed by atoms with E-state index in [9.17, 15) is 0 Å². The van der Waals surface area contributed by atoms with Gasteiger partial charge >= 0.3 is 0 Å². The highest BCUT2D eigenvalue weighted by Crippen LogP contribution is 2.65. The molecule has 0 amide bonds. The van der Waals surface area contributed by atoms with Crippen molar-refractivity contribution in [3.05, 3.63) is 0 Å². The highest BCUT2D eigenvalue weighted by atomic mass is 127. The Morgan fingerprint density at radius 2 is 0.571 bits per heavy atom. The first kappa shape index (κ1) is 34.3. The van der Waals surface area contributed by atoms with Gasteiger partial charge in [0.2, 0.25) is 15.1 Å². The van der Waals surface area contributed by atoms with Crippen molar-refractivity contribution in [1.82, 2.24) is 18.7 Å². The molecule has 0 atom stereocenters. The van der Waals surface area contributed by atoms with E-state index in [1.807, 2.05) is 0 Å². The summed E-state index contributed by atoms with van der Waals surface area (Å²) in [6, 6.07) is 0. The van der Waals surface area contributed by atoms with Crippen molar-refractivity contribution in [3.63, 3.8) is 0 Å². The van der Waals surface area contributed by atoms with Crippen LogP contribution >= 0.6 is 15.1 Å². The second kappa shape index (κ2) is 17.3. The minimum absolute atomic E-state index is 0. The van der Waals surface area contributed by atoms with Gasteiger partial charge in [-0.2, -0.15) is 18.7 Å². The van der Waals surface area contributed by atoms with Gasteiger partial charge in [0, 0.05) is 52.4 Å². The monoisotopic (exact) mass is 658 g/mol. The molecule has 0 saturated heterocycles. The Balaban J connectivity index is -0.00000312. The van der Waals surface area contributed by atoms with Crippen LogP contribution in [0.1, 0.15) is 55.4 Å². The van der Waals surface area contributed by atoms with Crippen molar-refractivity contribution >= 4 is 15.1 Å². The van der Waals surface area contributed by atoms with E-state index in [4.69, 9.17) is 0 Å². The van der Waals surface area contributed by atoms with Gasteiger partial charge in [-0.15, -0.1) is 0 Å². The molecule has 28 heavy (non-hydrogen) atoms. The molecule has 0 aromatic heterocycles. The summed E-state index contributed by atoms with van der Waals surface area (Å²) in [4.78, 5) is 0. The lowest BCUT2D eigenvalue weighted by molar-refractivity contribution is -0.00100. The van der Waals surface area contributed by atoms with E-state index in [1.54, 1.807) is 0 Å². The number of hydrogen-bond donors (Lipinski definition) is 0. The molecule has 0 saturated carbocycles. The second-order valence-electron chi connectivity index (χ2n) is 6.61. The lowest BCUT2D eigenvalue weighted by Gasteiger charge is -2.36. The van der Waals surface area contributed by atoms with Crippen molar-refractivity contribution < 1.29 is 48.0 Å². The molecule has 0 heterocycles. The molecule has 0 aromatic rings. The predicted molar refractivity (Wildman–Crippen MR) is 125 cm³/mol. The van der Waals surface area contributed by atoms with Crippen molar-refractivity contribution in [2.75, 3.05) is 65.7 Å². The van der Waals surface area contributed by atoms with Gasteiger partial charge in [-0.3, -0.25) is 0 Å². The average molecular weight is 658 g/mol. The zero-order valence-corrected chi connectivity index (χ0v) is 26.2. The summed E-state index contributed by atoms with van der Waals surface area (Å²) < 4.78 is 10.5. The third kappa shape index (κ3) is 8.34. The fourth-order valence-electron chi connectivity index (χ4n) is 3.93. The average Bonchev–Trinajstić information content (AvgIpc) is 2.64. The topological polar surface area (TPSA) is 13.0 Å². The van der Waals surface area contributed by atoms with Crippen LogP contribution in [0.4, 0.5) is 0 Å². The van der Waals surface area contributed by atoms with Crippen LogP contribution in [0.2, 0.25) is 0 Å². The normalized spacial score (nSPS) is 12.1. The Bertz CT molecular complexity index is 379. The summed E-state index contributed by atoms with van der Waals surface area (Å²) in [5.74, 6) is 0. The zero-order valence-electron chi connectivity index (χ0n) is 20.1. The maximum atomic E-state index is 3.92. The predicted octanol–water partition coefficient (Wildman–Crippen LogP) is -0.765. The smallest absolute Gasteiger partial charge is 0.232 e. The van der Waals surface area contributed by atoms with Gasteiger partial charge in [0.25, 0.3) is 0 Å². The van der Waals surface area contributed by atoms with Crippen LogP contribution in [0.25, 0.3) is 0 Å². The number of rotatable bonds is 12. The summed E-state index contributed by atoms with van der Waals surface area (Å²) in [7, 11) is -3.25. The molecule has 0 aliphatic carbocycles. The van der Waals surface area contributed by atoms with Gasteiger partial charge in [-0.25, -0.2) is 0 Å². The Morgan fingerprint density at radius 3 is 0.679 bits per heavy atom. The van der Waals surface area contributed by atoms with Gasteiger partial charge in [0.1, 0.15) is 0 Å². The molecule has 0 spiro atoms. The Labute approximate surface area is 212 Å². The van der Waals surface area contributed by atoms with Crippen LogP contribution in [0.5, 0.6) is 0 Å². The summed E-state index contributed by atoms with van der Waals surface area (Å²) >= 11 is 0. The van der Waals surface area contributed by atoms with Crippen LogP contribution in [-0.4, -0.2) is 84.4 Å². The van der Waals surface area contributed by atoms with Crippen LogP contribution in [-0.2, 0) is 0 Å². The van der Waals surface area contributed by atoms with E-state index < -0.39 is 15.1 Å². The Kier molecular flexibility index (Phi) is 21.2. The molecule has 0 unspecified atom stereocenters. The van der Waals surface area contributed by atoms with E-state index in [0.29, 0.717) is 0 Å². The van der Waals surface area contributed by atoms with Gasteiger partial charge in [-0.05, 0) is 55.4 Å². The molecular weight excluding hydrogens is 612 g/mol. The van der Waals surface area contributed by atoms with E-state index in [2.05, 4.69) is 98.7 Å². The quantitative estimate of drug-likeness (QED) is 0.156. The first-order valence-corrected chi connectivity index (χ1v) is 14.9.